The highest BCUT2D eigenvalue weighted by Crippen LogP contribution is 2.19. The molecule has 0 aromatic carbocycles. The van der Waals surface area contributed by atoms with Crippen LogP contribution in [0.15, 0.2) is 17.8 Å². The first-order valence-corrected chi connectivity index (χ1v) is 7.23. The molecule has 0 radical (unpaired) electrons. The number of carbonyl (C=O) groups excluding carboxylic acids is 1. The first-order chi connectivity index (χ1) is 9.58. The molecule has 7 nitrogen and oxygen atoms in total. The summed E-state index contributed by atoms with van der Waals surface area (Å²) in [6.45, 7) is 4.30. The number of nitrogens with zero attached hydrogens (tertiary/aromatic N) is 4. The molecule has 0 aliphatic carbocycles. The van der Waals surface area contributed by atoms with Crippen molar-refractivity contribution in [3.63, 3.8) is 0 Å². The van der Waals surface area contributed by atoms with Gasteiger partial charge >= 0.3 is 0 Å². The standard InChI is InChI=1S/C12H17N5O2S/c1-8(2)5-9(18)6-13-12(19)11-10(3-4-20-11)17-7-14-15-16-17/h3-4,7-9,18H,5-6H2,1-2H3,(H,13,19). The van der Waals surface area contributed by atoms with Crippen molar-refractivity contribution in [3.05, 3.63) is 22.7 Å². The number of aliphatic hydroxyl groups excluding tert-OH is 1. The van der Waals surface area contributed by atoms with Crippen molar-refractivity contribution in [2.75, 3.05) is 6.54 Å². The number of amides is 1. The summed E-state index contributed by atoms with van der Waals surface area (Å²) in [5.41, 5.74) is 0.635. The summed E-state index contributed by atoms with van der Waals surface area (Å²) in [7, 11) is 0. The molecule has 0 fully saturated rings. The molecule has 0 aliphatic rings. The lowest BCUT2D eigenvalue weighted by atomic mass is 10.1. The SMILES string of the molecule is CC(C)CC(O)CNC(=O)c1sccc1-n1cnnn1. The summed E-state index contributed by atoms with van der Waals surface area (Å²) in [6, 6.07) is 1.78. The molecule has 1 amide bonds. The average Bonchev–Trinajstić information content (AvgIpc) is 3.04. The number of aliphatic hydroxyl groups is 1. The molecule has 20 heavy (non-hydrogen) atoms. The minimum absolute atomic E-state index is 0.228. The van der Waals surface area contributed by atoms with Crippen molar-refractivity contribution in [2.24, 2.45) is 5.92 Å². The van der Waals surface area contributed by atoms with Crippen LogP contribution in [0.1, 0.15) is 29.9 Å². The van der Waals surface area contributed by atoms with E-state index in [1.165, 1.54) is 22.3 Å². The van der Waals surface area contributed by atoms with Crippen molar-refractivity contribution in [1.29, 1.82) is 0 Å². The van der Waals surface area contributed by atoms with Crippen LogP contribution in [0.2, 0.25) is 0 Å². The van der Waals surface area contributed by atoms with E-state index in [9.17, 15) is 9.90 Å². The van der Waals surface area contributed by atoms with Crippen LogP contribution in [0, 0.1) is 5.92 Å². The van der Waals surface area contributed by atoms with Gasteiger partial charge in [-0.25, -0.2) is 0 Å². The fraction of sp³-hybridized carbons (Fsp3) is 0.500. The third-order valence-corrected chi connectivity index (χ3v) is 3.59. The lowest BCUT2D eigenvalue weighted by Gasteiger charge is -2.13. The maximum Gasteiger partial charge on any atom is 0.263 e. The summed E-state index contributed by atoms with van der Waals surface area (Å²) in [5, 5.41) is 25.2. The number of carbonyl (C=O) groups is 1. The van der Waals surface area contributed by atoms with Gasteiger partial charge in [-0.1, -0.05) is 13.8 Å². The van der Waals surface area contributed by atoms with Gasteiger partial charge in [0.25, 0.3) is 5.91 Å². The molecule has 0 aliphatic heterocycles. The van der Waals surface area contributed by atoms with E-state index in [0.29, 0.717) is 22.9 Å². The molecule has 1 unspecified atom stereocenters. The Morgan fingerprint density at radius 3 is 3.00 bits per heavy atom. The fourth-order valence-corrected chi connectivity index (χ4v) is 2.64. The Labute approximate surface area is 120 Å². The zero-order valence-corrected chi connectivity index (χ0v) is 12.2. The van der Waals surface area contributed by atoms with Crippen molar-refractivity contribution >= 4 is 17.2 Å². The molecule has 8 heteroatoms. The second-order valence-electron chi connectivity index (χ2n) is 4.88. The van der Waals surface area contributed by atoms with E-state index in [1.54, 1.807) is 11.4 Å². The minimum atomic E-state index is -0.532. The summed E-state index contributed by atoms with van der Waals surface area (Å²) < 4.78 is 1.44. The smallest absolute Gasteiger partial charge is 0.263 e. The summed E-state index contributed by atoms with van der Waals surface area (Å²) in [5.74, 6) is 0.161. The van der Waals surface area contributed by atoms with Crippen LogP contribution < -0.4 is 5.32 Å². The van der Waals surface area contributed by atoms with Gasteiger partial charge in [0.15, 0.2) is 0 Å². The van der Waals surface area contributed by atoms with Crippen molar-refractivity contribution in [1.82, 2.24) is 25.5 Å². The Morgan fingerprint density at radius 2 is 2.35 bits per heavy atom. The maximum atomic E-state index is 12.1. The molecule has 0 saturated heterocycles. The number of hydrogen-bond donors (Lipinski definition) is 2. The van der Waals surface area contributed by atoms with Crippen molar-refractivity contribution < 1.29 is 9.90 Å². The van der Waals surface area contributed by atoms with Gasteiger partial charge in [-0.2, -0.15) is 4.68 Å². The fourth-order valence-electron chi connectivity index (χ4n) is 1.84. The largest absolute Gasteiger partial charge is 0.391 e. The Bertz CT molecular complexity index is 552. The molecule has 2 rings (SSSR count). The predicted octanol–water partition coefficient (Wildman–Crippen LogP) is 0.861. The predicted molar refractivity (Wildman–Crippen MR) is 74.8 cm³/mol. The van der Waals surface area contributed by atoms with Gasteiger partial charge in [0.05, 0.1) is 11.8 Å². The topological polar surface area (TPSA) is 92.9 Å². The van der Waals surface area contributed by atoms with Gasteiger partial charge in [0.2, 0.25) is 0 Å². The highest BCUT2D eigenvalue weighted by molar-refractivity contribution is 7.12. The lowest BCUT2D eigenvalue weighted by molar-refractivity contribution is 0.0904. The minimum Gasteiger partial charge on any atom is -0.391 e. The number of aromatic nitrogens is 4. The van der Waals surface area contributed by atoms with Gasteiger partial charge in [0, 0.05) is 6.54 Å². The Hall–Kier alpha value is -1.80. The number of hydrogen-bond acceptors (Lipinski definition) is 6. The maximum absolute atomic E-state index is 12.1. The van der Waals surface area contributed by atoms with Crippen LogP contribution in [-0.4, -0.2) is 43.9 Å². The van der Waals surface area contributed by atoms with E-state index in [0.717, 1.165) is 0 Å². The Morgan fingerprint density at radius 1 is 1.55 bits per heavy atom. The molecule has 2 aromatic rings. The van der Waals surface area contributed by atoms with Crippen LogP contribution >= 0.6 is 11.3 Å². The molecular weight excluding hydrogens is 278 g/mol. The monoisotopic (exact) mass is 295 g/mol. The summed E-state index contributed by atoms with van der Waals surface area (Å²) in [6.07, 6.45) is 1.56. The normalized spacial score (nSPS) is 12.6. The molecule has 0 saturated carbocycles. The number of thiophene rings is 1. The quantitative estimate of drug-likeness (QED) is 0.824. The Kier molecular flexibility index (Phi) is 4.80. The zero-order valence-electron chi connectivity index (χ0n) is 11.4. The van der Waals surface area contributed by atoms with Crippen LogP contribution in [0.5, 0.6) is 0 Å². The molecule has 0 spiro atoms. The molecule has 108 valence electrons. The van der Waals surface area contributed by atoms with Crippen LogP contribution in [0.25, 0.3) is 5.69 Å². The average molecular weight is 295 g/mol. The molecular formula is C12H17N5O2S. The van der Waals surface area contributed by atoms with Gasteiger partial charge in [-0.3, -0.25) is 4.79 Å². The third kappa shape index (κ3) is 3.61. The van der Waals surface area contributed by atoms with Gasteiger partial charge < -0.3 is 10.4 Å². The van der Waals surface area contributed by atoms with Gasteiger partial charge in [-0.15, -0.1) is 16.4 Å². The van der Waals surface area contributed by atoms with Gasteiger partial charge in [-0.05, 0) is 34.2 Å². The van der Waals surface area contributed by atoms with E-state index in [2.05, 4.69) is 20.8 Å². The highest BCUT2D eigenvalue weighted by Gasteiger charge is 2.16. The number of tetrazole rings is 1. The first-order valence-electron chi connectivity index (χ1n) is 6.35. The number of rotatable bonds is 6. The van der Waals surface area contributed by atoms with E-state index in [1.807, 2.05) is 13.8 Å². The Balaban J connectivity index is 1.99. The number of nitrogens with one attached hydrogen (secondary N) is 1. The van der Waals surface area contributed by atoms with E-state index in [4.69, 9.17) is 0 Å². The highest BCUT2D eigenvalue weighted by atomic mass is 32.1. The second-order valence-corrected chi connectivity index (χ2v) is 5.80. The lowest BCUT2D eigenvalue weighted by Crippen LogP contribution is -2.32. The molecule has 1 atom stereocenters. The third-order valence-electron chi connectivity index (χ3n) is 2.69. The van der Waals surface area contributed by atoms with Crippen molar-refractivity contribution in [3.8, 4) is 5.69 Å². The van der Waals surface area contributed by atoms with E-state index in [-0.39, 0.29) is 12.5 Å². The summed E-state index contributed by atoms with van der Waals surface area (Å²) in [4.78, 5) is 12.6. The van der Waals surface area contributed by atoms with Gasteiger partial charge in [0.1, 0.15) is 11.2 Å². The molecule has 2 aromatic heterocycles. The van der Waals surface area contributed by atoms with E-state index >= 15 is 0 Å². The van der Waals surface area contributed by atoms with Crippen LogP contribution in [0.4, 0.5) is 0 Å². The summed E-state index contributed by atoms with van der Waals surface area (Å²) >= 11 is 1.31. The molecule has 0 bridgehead atoms. The molecule has 2 heterocycles. The zero-order chi connectivity index (χ0) is 14.5. The van der Waals surface area contributed by atoms with Crippen molar-refractivity contribution in [2.45, 2.75) is 26.4 Å². The first kappa shape index (κ1) is 14.6. The second kappa shape index (κ2) is 6.58. The van der Waals surface area contributed by atoms with Crippen LogP contribution in [0.3, 0.4) is 0 Å². The van der Waals surface area contributed by atoms with Crippen LogP contribution in [-0.2, 0) is 0 Å². The molecule has 2 N–H and O–H groups in total. The van der Waals surface area contributed by atoms with E-state index < -0.39 is 6.10 Å².